The number of likely N-dealkylation sites (N-methyl/N-ethyl adjacent to an activating group) is 1. The molecule has 0 saturated carbocycles. The molecule has 0 bridgehead atoms. The number of carbonyl (C=O) groups excluding carboxylic acids is 2. The molecule has 1 atom stereocenters. The minimum absolute atomic E-state index is 0.0155. The van der Waals surface area contributed by atoms with E-state index >= 15 is 0 Å². The first-order chi connectivity index (χ1) is 12.5. The minimum atomic E-state index is -0.118. The standard InChI is InChI=1S/C20H30N4O2/c1-16-6-8-17(9-7-16)14-23-11-12-24(15-19(23)25)20(26)21-13-18-5-3-4-10-22(18)2/h6-9,18H,3-5,10-15H2,1-2H3,(H,21,26)/t18-/m0/s1. The number of nitrogens with one attached hydrogen (secondary N) is 1. The minimum Gasteiger partial charge on any atom is -0.336 e. The molecule has 3 amide bonds. The summed E-state index contributed by atoms with van der Waals surface area (Å²) in [5, 5.41) is 3.02. The van der Waals surface area contributed by atoms with Crippen molar-refractivity contribution in [3.05, 3.63) is 35.4 Å². The molecule has 0 spiro atoms. The van der Waals surface area contributed by atoms with E-state index in [0.717, 1.165) is 18.5 Å². The molecule has 0 aliphatic carbocycles. The van der Waals surface area contributed by atoms with Crippen molar-refractivity contribution in [3.8, 4) is 0 Å². The van der Waals surface area contributed by atoms with Gasteiger partial charge >= 0.3 is 6.03 Å². The summed E-state index contributed by atoms with van der Waals surface area (Å²) in [6, 6.07) is 8.53. The van der Waals surface area contributed by atoms with E-state index in [-0.39, 0.29) is 18.5 Å². The lowest BCUT2D eigenvalue weighted by molar-refractivity contribution is -0.135. The van der Waals surface area contributed by atoms with Crippen molar-refractivity contribution in [3.63, 3.8) is 0 Å². The van der Waals surface area contributed by atoms with Crippen molar-refractivity contribution in [1.29, 1.82) is 0 Å². The molecule has 142 valence electrons. The summed E-state index contributed by atoms with van der Waals surface area (Å²) in [5.41, 5.74) is 2.34. The summed E-state index contributed by atoms with van der Waals surface area (Å²) in [4.78, 5) is 30.6. The molecule has 1 N–H and O–H groups in total. The van der Waals surface area contributed by atoms with Crippen LogP contribution in [0.2, 0.25) is 0 Å². The van der Waals surface area contributed by atoms with Gasteiger partial charge in [0.05, 0.1) is 0 Å². The fourth-order valence-corrected chi connectivity index (χ4v) is 3.68. The van der Waals surface area contributed by atoms with Crippen LogP contribution in [0.15, 0.2) is 24.3 Å². The summed E-state index contributed by atoms with van der Waals surface area (Å²) < 4.78 is 0. The van der Waals surface area contributed by atoms with Crippen molar-refractivity contribution in [2.24, 2.45) is 0 Å². The Morgan fingerprint density at radius 2 is 1.92 bits per heavy atom. The van der Waals surface area contributed by atoms with Crippen molar-refractivity contribution < 1.29 is 9.59 Å². The Kier molecular flexibility index (Phi) is 6.14. The third-order valence-electron chi connectivity index (χ3n) is 5.51. The van der Waals surface area contributed by atoms with Gasteiger partial charge in [0.1, 0.15) is 6.54 Å². The lowest BCUT2D eigenvalue weighted by Crippen LogP contribution is -2.55. The van der Waals surface area contributed by atoms with Gasteiger partial charge in [0, 0.05) is 32.2 Å². The van der Waals surface area contributed by atoms with Crippen LogP contribution in [0.3, 0.4) is 0 Å². The van der Waals surface area contributed by atoms with E-state index in [1.807, 2.05) is 4.90 Å². The zero-order valence-corrected chi connectivity index (χ0v) is 15.9. The van der Waals surface area contributed by atoms with Crippen LogP contribution in [0.1, 0.15) is 30.4 Å². The molecular weight excluding hydrogens is 328 g/mol. The van der Waals surface area contributed by atoms with Crippen molar-refractivity contribution >= 4 is 11.9 Å². The number of likely N-dealkylation sites (tertiary alicyclic amines) is 1. The van der Waals surface area contributed by atoms with E-state index < -0.39 is 0 Å². The monoisotopic (exact) mass is 358 g/mol. The maximum absolute atomic E-state index is 12.4. The van der Waals surface area contributed by atoms with E-state index in [0.29, 0.717) is 32.2 Å². The molecule has 0 radical (unpaired) electrons. The highest BCUT2D eigenvalue weighted by molar-refractivity contribution is 5.85. The molecule has 1 aromatic carbocycles. The van der Waals surface area contributed by atoms with Gasteiger partial charge < -0.3 is 20.0 Å². The van der Waals surface area contributed by atoms with Crippen molar-refractivity contribution in [1.82, 2.24) is 20.0 Å². The number of piperidine rings is 1. The molecule has 0 aromatic heterocycles. The van der Waals surface area contributed by atoms with E-state index in [2.05, 4.69) is 48.5 Å². The smallest absolute Gasteiger partial charge is 0.317 e. The second-order valence-electron chi connectivity index (χ2n) is 7.54. The Morgan fingerprint density at radius 3 is 2.62 bits per heavy atom. The van der Waals surface area contributed by atoms with E-state index in [1.54, 1.807) is 4.90 Å². The van der Waals surface area contributed by atoms with Gasteiger partial charge in [-0.05, 0) is 38.9 Å². The van der Waals surface area contributed by atoms with Crippen LogP contribution >= 0.6 is 0 Å². The number of benzene rings is 1. The van der Waals surface area contributed by atoms with Gasteiger partial charge in [0.15, 0.2) is 0 Å². The predicted octanol–water partition coefficient (Wildman–Crippen LogP) is 1.83. The average molecular weight is 358 g/mol. The molecule has 6 heteroatoms. The summed E-state index contributed by atoms with van der Waals surface area (Å²) in [7, 11) is 2.11. The highest BCUT2D eigenvalue weighted by atomic mass is 16.2. The van der Waals surface area contributed by atoms with Crippen LogP contribution in [0, 0.1) is 6.92 Å². The number of piperazine rings is 1. The second-order valence-corrected chi connectivity index (χ2v) is 7.54. The lowest BCUT2D eigenvalue weighted by atomic mass is 10.0. The Bertz CT molecular complexity index is 631. The highest BCUT2D eigenvalue weighted by Crippen LogP contribution is 2.14. The summed E-state index contributed by atoms with van der Waals surface area (Å²) in [6.45, 7) is 5.76. The van der Waals surface area contributed by atoms with Gasteiger partial charge in [-0.1, -0.05) is 36.2 Å². The van der Waals surface area contributed by atoms with Crippen molar-refractivity contribution in [2.45, 2.75) is 38.8 Å². The number of hydrogen-bond acceptors (Lipinski definition) is 3. The van der Waals surface area contributed by atoms with Gasteiger partial charge in [0.25, 0.3) is 0 Å². The van der Waals surface area contributed by atoms with Gasteiger partial charge in [-0.2, -0.15) is 0 Å². The van der Waals surface area contributed by atoms with Gasteiger partial charge in [-0.15, -0.1) is 0 Å². The number of urea groups is 1. The van der Waals surface area contributed by atoms with Crippen LogP contribution in [0.5, 0.6) is 0 Å². The normalized spacial score (nSPS) is 21.8. The fraction of sp³-hybridized carbons (Fsp3) is 0.600. The Morgan fingerprint density at radius 1 is 1.15 bits per heavy atom. The molecular formula is C20H30N4O2. The Balaban J connectivity index is 1.46. The molecule has 2 fully saturated rings. The zero-order valence-electron chi connectivity index (χ0n) is 15.9. The van der Waals surface area contributed by atoms with E-state index in [4.69, 9.17) is 0 Å². The first-order valence-corrected chi connectivity index (χ1v) is 9.59. The van der Waals surface area contributed by atoms with Gasteiger partial charge in [-0.25, -0.2) is 4.79 Å². The molecule has 0 unspecified atom stereocenters. The first kappa shape index (κ1) is 18.7. The van der Waals surface area contributed by atoms with Crippen LogP contribution in [-0.4, -0.2) is 72.5 Å². The van der Waals surface area contributed by atoms with Crippen LogP contribution in [0.4, 0.5) is 4.79 Å². The predicted molar refractivity (Wildman–Crippen MR) is 102 cm³/mol. The largest absolute Gasteiger partial charge is 0.336 e. The highest BCUT2D eigenvalue weighted by Gasteiger charge is 2.28. The zero-order chi connectivity index (χ0) is 18.5. The van der Waals surface area contributed by atoms with Crippen LogP contribution in [0.25, 0.3) is 0 Å². The number of aryl methyl sites for hydroxylation is 1. The third kappa shape index (κ3) is 4.75. The Labute approximate surface area is 156 Å². The molecule has 26 heavy (non-hydrogen) atoms. The van der Waals surface area contributed by atoms with E-state index in [1.165, 1.54) is 18.4 Å². The van der Waals surface area contributed by atoms with Gasteiger partial charge in [-0.3, -0.25) is 4.79 Å². The molecule has 3 rings (SSSR count). The third-order valence-corrected chi connectivity index (χ3v) is 5.51. The van der Waals surface area contributed by atoms with Crippen LogP contribution < -0.4 is 5.32 Å². The summed E-state index contributed by atoms with van der Waals surface area (Å²) >= 11 is 0. The second kappa shape index (κ2) is 8.54. The molecule has 6 nitrogen and oxygen atoms in total. The number of amides is 3. The maximum atomic E-state index is 12.4. The SMILES string of the molecule is Cc1ccc(CN2CCN(C(=O)NC[C@@H]3CCCCN3C)CC2=O)cc1. The average Bonchev–Trinajstić information content (AvgIpc) is 2.64. The van der Waals surface area contributed by atoms with Crippen LogP contribution in [-0.2, 0) is 11.3 Å². The fourth-order valence-electron chi connectivity index (χ4n) is 3.68. The number of nitrogens with zero attached hydrogens (tertiary/aromatic N) is 3. The summed E-state index contributed by atoms with van der Waals surface area (Å²) in [6.07, 6.45) is 3.58. The molecule has 2 saturated heterocycles. The maximum Gasteiger partial charge on any atom is 0.317 e. The number of rotatable bonds is 4. The molecule has 1 aromatic rings. The Hall–Kier alpha value is -2.08. The van der Waals surface area contributed by atoms with E-state index in [9.17, 15) is 9.59 Å². The molecule has 2 aliphatic rings. The lowest BCUT2D eigenvalue weighted by Gasteiger charge is -2.36. The quantitative estimate of drug-likeness (QED) is 0.893. The summed E-state index contributed by atoms with van der Waals surface area (Å²) in [5.74, 6) is 0.0155. The van der Waals surface area contributed by atoms with Gasteiger partial charge in [0.2, 0.25) is 5.91 Å². The number of carbonyl (C=O) groups is 2. The molecule has 2 heterocycles. The first-order valence-electron chi connectivity index (χ1n) is 9.59. The van der Waals surface area contributed by atoms with Crippen molar-refractivity contribution in [2.75, 3.05) is 39.8 Å². The number of hydrogen-bond donors (Lipinski definition) is 1. The topological polar surface area (TPSA) is 55.9 Å². The molecule has 2 aliphatic heterocycles.